The highest BCUT2D eigenvalue weighted by molar-refractivity contribution is 5.93. The van der Waals surface area contributed by atoms with Gasteiger partial charge in [-0.2, -0.15) is 0 Å². The number of nitrogens with one attached hydrogen (secondary N) is 1. The summed E-state index contributed by atoms with van der Waals surface area (Å²) in [6.45, 7) is 9.88. The van der Waals surface area contributed by atoms with E-state index >= 15 is 0 Å². The fourth-order valence-electron chi connectivity index (χ4n) is 2.69. The van der Waals surface area contributed by atoms with Crippen molar-refractivity contribution in [3.05, 3.63) is 29.3 Å². The standard InChI is InChI=1S/C16H23N3O/c1-11-6-5-7-12(2)16(11)18-15(20)10-13(3)19-9-8-17-14(19)4/h5-7,13H,8-10H2,1-4H3,(H,18,20). The number of benzene rings is 1. The van der Waals surface area contributed by atoms with Gasteiger partial charge in [-0.15, -0.1) is 0 Å². The Kier molecular flexibility index (Phi) is 4.42. The van der Waals surface area contributed by atoms with Crippen LogP contribution >= 0.6 is 0 Å². The average molecular weight is 273 g/mol. The van der Waals surface area contributed by atoms with Crippen LogP contribution in [0.25, 0.3) is 0 Å². The van der Waals surface area contributed by atoms with E-state index in [2.05, 4.69) is 22.1 Å². The van der Waals surface area contributed by atoms with Crippen LogP contribution in [0.1, 0.15) is 31.4 Å². The second-order valence-electron chi connectivity index (χ2n) is 5.49. The lowest BCUT2D eigenvalue weighted by Gasteiger charge is -2.26. The number of carbonyl (C=O) groups excluding carboxylic acids is 1. The zero-order valence-electron chi connectivity index (χ0n) is 12.7. The Morgan fingerprint density at radius 2 is 2.00 bits per heavy atom. The molecule has 1 unspecified atom stereocenters. The number of nitrogens with zero attached hydrogens (tertiary/aromatic N) is 2. The first-order chi connectivity index (χ1) is 9.49. The quantitative estimate of drug-likeness (QED) is 0.916. The summed E-state index contributed by atoms with van der Waals surface area (Å²) in [4.78, 5) is 18.8. The van der Waals surface area contributed by atoms with Crippen molar-refractivity contribution in [2.75, 3.05) is 18.4 Å². The van der Waals surface area contributed by atoms with Crippen LogP contribution < -0.4 is 5.32 Å². The maximum Gasteiger partial charge on any atom is 0.226 e. The van der Waals surface area contributed by atoms with E-state index in [0.29, 0.717) is 6.42 Å². The van der Waals surface area contributed by atoms with E-state index in [1.54, 1.807) is 0 Å². The fraction of sp³-hybridized carbons (Fsp3) is 0.500. The van der Waals surface area contributed by atoms with Gasteiger partial charge in [-0.3, -0.25) is 9.79 Å². The van der Waals surface area contributed by atoms with Crippen LogP contribution in [0.15, 0.2) is 23.2 Å². The molecule has 1 amide bonds. The van der Waals surface area contributed by atoms with Crippen LogP contribution in [-0.4, -0.2) is 35.8 Å². The molecule has 0 radical (unpaired) electrons. The second-order valence-corrected chi connectivity index (χ2v) is 5.49. The minimum Gasteiger partial charge on any atom is -0.356 e. The zero-order chi connectivity index (χ0) is 14.7. The van der Waals surface area contributed by atoms with E-state index in [1.807, 2.05) is 39.0 Å². The summed E-state index contributed by atoms with van der Waals surface area (Å²) in [5.41, 5.74) is 3.14. The number of carbonyl (C=O) groups is 1. The van der Waals surface area contributed by atoms with Crippen LogP contribution in [0.3, 0.4) is 0 Å². The predicted molar refractivity (Wildman–Crippen MR) is 83.3 cm³/mol. The van der Waals surface area contributed by atoms with E-state index in [9.17, 15) is 4.79 Å². The molecule has 4 heteroatoms. The van der Waals surface area contributed by atoms with Crippen molar-refractivity contribution >= 4 is 17.4 Å². The molecule has 108 valence electrons. The van der Waals surface area contributed by atoms with Crippen LogP contribution in [0.2, 0.25) is 0 Å². The van der Waals surface area contributed by atoms with Gasteiger partial charge in [0.2, 0.25) is 5.91 Å². The molecule has 0 spiro atoms. The Hall–Kier alpha value is -1.84. The highest BCUT2D eigenvalue weighted by Gasteiger charge is 2.21. The number of hydrogen-bond acceptors (Lipinski definition) is 3. The van der Waals surface area contributed by atoms with Gasteiger partial charge in [0, 0.05) is 24.7 Å². The maximum absolute atomic E-state index is 12.2. The van der Waals surface area contributed by atoms with Gasteiger partial charge in [-0.25, -0.2) is 0 Å². The summed E-state index contributed by atoms with van der Waals surface area (Å²) < 4.78 is 0. The molecule has 4 nitrogen and oxygen atoms in total. The molecule has 1 aliphatic rings. The third-order valence-corrected chi connectivity index (χ3v) is 3.86. The summed E-state index contributed by atoms with van der Waals surface area (Å²) in [6, 6.07) is 6.23. The van der Waals surface area contributed by atoms with E-state index in [4.69, 9.17) is 0 Å². The van der Waals surface area contributed by atoms with Crippen LogP contribution in [0.4, 0.5) is 5.69 Å². The molecule has 20 heavy (non-hydrogen) atoms. The van der Waals surface area contributed by atoms with Gasteiger partial charge in [0.1, 0.15) is 0 Å². The number of aryl methyl sites for hydroxylation is 2. The summed E-state index contributed by atoms with van der Waals surface area (Å²) in [5.74, 6) is 1.10. The van der Waals surface area contributed by atoms with Crippen molar-refractivity contribution in [2.45, 2.75) is 40.2 Å². The van der Waals surface area contributed by atoms with Crippen molar-refractivity contribution < 1.29 is 4.79 Å². The molecule has 1 aliphatic heterocycles. The molecular weight excluding hydrogens is 250 g/mol. The molecule has 0 aromatic heterocycles. The van der Waals surface area contributed by atoms with Gasteiger partial charge >= 0.3 is 0 Å². The Morgan fingerprint density at radius 3 is 2.55 bits per heavy atom. The lowest BCUT2D eigenvalue weighted by molar-refractivity contribution is -0.117. The normalized spacial score (nSPS) is 16.0. The fourth-order valence-corrected chi connectivity index (χ4v) is 2.69. The molecule has 0 saturated heterocycles. The van der Waals surface area contributed by atoms with Gasteiger partial charge in [-0.05, 0) is 38.8 Å². The third kappa shape index (κ3) is 3.18. The number of rotatable bonds is 4. The highest BCUT2D eigenvalue weighted by Crippen LogP contribution is 2.20. The van der Waals surface area contributed by atoms with Crippen LogP contribution in [0.5, 0.6) is 0 Å². The first-order valence-electron chi connectivity index (χ1n) is 7.13. The van der Waals surface area contributed by atoms with Gasteiger partial charge < -0.3 is 10.2 Å². The highest BCUT2D eigenvalue weighted by atomic mass is 16.1. The predicted octanol–water partition coefficient (Wildman–Crippen LogP) is 2.75. The Balaban J connectivity index is 1.97. The molecule has 0 aliphatic carbocycles. The molecule has 1 heterocycles. The minimum atomic E-state index is 0.0644. The molecule has 1 aromatic carbocycles. The summed E-state index contributed by atoms with van der Waals surface area (Å²) >= 11 is 0. The molecule has 1 aromatic rings. The van der Waals surface area contributed by atoms with E-state index < -0.39 is 0 Å². The van der Waals surface area contributed by atoms with Crippen molar-refractivity contribution in [3.8, 4) is 0 Å². The number of para-hydroxylation sites is 1. The van der Waals surface area contributed by atoms with Crippen molar-refractivity contribution in [1.82, 2.24) is 4.90 Å². The van der Waals surface area contributed by atoms with E-state index in [-0.39, 0.29) is 11.9 Å². The number of amides is 1. The zero-order valence-corrected chi connectivity index (χ0v) is 12.7. The molecule has 1 N–H and O–H groups in total. The largest absolute Gasteiger partial charge is 0.356 e. The van der Waals surface area contributed by atoms with Gasteiger partial charge in [-0.1, -0.05) is 18.2 Å². The van der Waals surface area contributed by atoms with Gasteiger partial charge in [0.25, 0.3) is 0 Å². The SMILES string of the molecule is CC1=NCCN1C(C)CC(=O)Nc1c(C)cccc1C. The summed E-state index contributed by atoms with van der Waals surface area (Å²) in [6.07, 6.45) is 0.487. The summed E-state index contributed by atoms with van der Waals surface area (Å²) in [7, 11) is 0. The molecule has 0 bridgehead atoms. The molecular formula is C16H23N3O. The topological polar surface area (TPSA) is 44.7 Å². The second kappa shape index (κ2) is 6.07. The Labute approximate surface area is 120 Å². The number of hydrogen-bond donors (Lipinski definition) is 1. The average Bonchev–Trinajstić information content (AvgIpc) is 2.80. The Bertz CT molecular complexity index is 516. The first-order valence-corrected chi connectivity index (χ1v) is 7.13. The monoisotopic (exact) mass is 273 g/mol. The van der Waals surface area contributed by atoms with Gasteiger partial charge in [0.15, 0.2) is 0 Å². The molecule has 0 fully saturated rings. The number of aliphatic imine (C=N–C) groups is 1. The number of anilines is 1. The molecule has 1 atom stereocenters. The lowest BCUT2D eigenvalue weighted by Crippen LogP contribution is -2.37. The number of amidine groups is 1. The van der Waals surface area contributed by atoms with Crippen molar-refractivity contribution in [2.24, 2.45) is 4.99 Å². The first kappa shape index (κ1) is 14.6. The molecule has 2 rings (SSSR count). The van der Waals surface area contributed by atoms with E-state index in [1.165, 1.54) is 0 Å². The van der Waals surface area contributed by atoms with Gasteiger partial charge in [0.05, 0.1) is 12.4 Å². The summed E-state index contributed by atoms with van der Waals surface area (Å²) in [5, 5.41) is 3.04. The maximum atomic E-state index is 12.2. The smallest absolute Gasteiger partial charge is 0.226 e. The van der Waals surface area contributed by atoms with Crippen molar-refractivity contribution in [3.63, 3.8) is 0 Å². The van der Waals surface area contributed by atoms with Crippen molar-refractivity contribution in [1.29, 1.82) is 0 Å². The third-order valence-electron chi connectivity index (χ3n) is 3.86. The van der Waals surface area contributed by atoms with E-state index in [0.717, 1.165) is 35.7 Å². The Morgan fingerprint density at radius 1 is 1.35 bits per heavy atom. The lowest BCUT2D eigenvalue weighted by atomic mass is 10.1. The van der Waals surface area contributed by atoms with Crippen LogP contribution in [-0.2, 0) is 4.79 Å². The minimum absolute atomic E-state index is 0.0644. The van der Waals surface area contributed by atoms with Crippen LogP contribution in [0, 0.1) is 13.8 Å². The molecule has 0 saturated carbocycles.